The first-order valence-corrected chi connectivity index (χ1v) is 10.6. The number of hydrogen-bond acceptors (Lipinski definition) is 5. The number of anilines is 3. The van der Waals surface area contributed by atoms with E-state index in [1.807, 2.05) is 25.1 Å². The lowest BCUT2D eigenvalue weighted by molar-refractivity contribution is 0.246. The van der Waals surface area contributed by atoms with E-state index in [9.17, 15) is 13.6 Å². The Bertz CT molecular complexity index is 866. The van der Waals surface area contributed by atoms with E-state index < -0.39 is 23.4 Å². The summed E-state index contributed by atoms with van der Waals surface area (Å²) in [5, 5.41) is 8.33. The van der Waals surface area contributed by atoms with Crippen molar-refractivity contribution in [3.63, 3.8) is 0 Å². The van der Waals surface area contributed by atoms with Crippen molar-refractivity contribution in [3.8, 4) is 0 Å². The van der Waals surface area contributed by atoms with Crippen LogP contribution in [0.15, 0.2) is 28.9 Å². The summed E-state index contributed by atoms with van der Waals surface area (Å²) >= 11 is 3.01. The summed E-state index contributed by atoms with van der Waals surface area (Å²) < 4.78 is 27.9. The van der Waals surface area contributed by atoms with E-state index in [2.05, 4.69) is 41.8 Å². The third-order valence-corrected chi connectivity index (χ3v) is 5.53. The summed E-state index contributed by atoms with van der Waals surface area (Å²) in [5.74, 6) is 0.103. The van der Waals surface area contributed by atoms with E-state index in [1.54, 1.807) is 6.20 Å². The zero-order chi connectivity index (χ0) is 21.7. The quantitative estimate of drug-likeness (QED) is 0.569. The number of benzene rings is 1. The maximum Gasteiger partial charge on any atom is 0.319 e. The van der Waals surface area contributed by atoms with Gasteiger partial charge in [-0.25, -0.2) is 18.6 Å². The zero-order valence-electron chi connectivity index (χ0n) is 16.9. The molecule has 1 aromatic heterocycles. The van der Waals surface area contributed by atoms with Gasteiger partial charge in [0.25, 0.3) is 0 Å². The van der Waals surface area contributed by atoms with Gasteiger partial charge in [0.2, 0.25) is 5.95 Å². The molecule has 1 fully saturated rings. The Morgan fingerprint density at radius 2 is 1.87 bits per heavy atom. The van der Waals surface area contributed by atoms with Crippen LogP contribution in [-0.4, -0.2) is 42.7 Å². The SMILES string of the molecule is CN(C)c1ccnc(NC2CCC(CNC(=O)Nc3c(F)cc(Br)cc3F)CC2)n1. The Kier molecular flexibility index (Phi) is 7.41. The predicted molar refractivity (Wildman–Crippen MR) is 117 cm³/mol. The first-order chi connectivity index (χ1) is 14.3. The largest absolute Gasteiger partial charge is 0.363 e. The molecule has 3 rings (SSSR count). The van der Waals surface area contributed by atoms with Gasteiger partial charge in [-0.15, -0.1) is 0 Å². The maximum absolute atomic E-state index is 13.8. The lowest BCUT2D eigenvalue weighted by Crippen LogP contribution is -2.36. The lowest BCUT2D eigenvalue weighted by atomic mass is 9.86. The smallest absolute Gasteiger partial charge is 0.319 e. The number of carbonyl (C=O) groups excluding carboxylic acids is 1. The molecule has 3 N–H and O–H groups in total. The molecule has 0 spiro atoms. The van der Waals surface area contributed by atoms with Gasteiger partial charge in [0, 0.05) is 37.4 Å². The van der Waals surface area contributed by atoms with Gasteiger partial charge in [0.05, 0.1) is 0 Å². The number of nitrogens with zero attached hydrogens (tertiary/aromatic N) is 3. The van der Waals surface area contributed by atoms with Crippen molar-refractivity contribution in [1.29, 1.82) is 0 Å². The van der Waals surface area contributed by atoms with E-state index in [4.69, 9.17) is 0 Å². The molecule has 1 aromatic carbocycles. The maximum atomic E-state index is 13.8. The van der Waals surface area contributed by atoms with Gasteiger partial charge in [0.15, 0.2) is 11.6 Å². The highest BCUT2D eigenvalue weighted by Gasteiger charge is 2.22. The Hall–Kier alpha value is -2.49. The Labute approximate surface area is 182 Å². The molecule has 0 saturated heterocycles. The second-order valence-electron chi connectivity index (χ2n) is 7.57. The number of nitrogens with one attached hydrogen (secondary N) is 3. The zero-order valence-corrected chi connectivity index (χ0v) is 18.5. The molecule has 2 amide bonds. The fourth-order valence-corrected chi connectivity index (χ4v) is 3.82. The van der Waals surface area contributed by atoms with Gasteiger partial charge in [-0.3, -0.25) is 0 Å². The van der Waals surface area contributed by atoms with Crippen molar-refractivity contribution in [1.82, 2.24) is 15.3 Å². The Morgan fingerprint density at radius 3 is 2.50 bits per heavy atom. The number of urea groups is 1. The van der Waals surface area contributed by atoms with Crippen LogP contribution in [0.2, 0.25) is 0 Å². The van der Waals surface area contributed by atoms with Gasteiger partial charge in [-0.1, -0.05) is 15.9 Å². The van der Waals surface area contributed by atoms with E-state index in [0.717, 1.165) is 43.6 Å². The molecule has 30 heavy (non-hydrogen) atoms. The number of aromatic nitrogens is 2. The number of hydrogen-bond donors (Lipinski definition) is 3. The molecule has 0 aliphatic heterocycles. The Balaban J connectivity index is 1.43. The van der Waals surface area contributed by atoms with Crippen LogP contribution in [0.1, 0.15) is 25.7 Å². The molecule has 2 aromatic rings. The standard InChI is InChI=1S/C20H25BrF2N6O/c1-29(2)17-7-8-24-19(27-17)26-14-5-3-12(4-6-14)11-25-20(30)28-18-15(22)9-13(21)10-16(18)23/h7-10,12,14H,3-6,11H2,1-2H3,(H,24,26,27)(H2,25,28,30). The van der Waals surface area contributed by atoms with Crippen LogP contribution < -0.4 is 20.9 Å². The normalized spacial score (nSPS) is 18.6. The average Bonchev–Trinajstić information content (AvgIpc) is 2.70. The van der Waals surface area contributed by atoms with Gasteiger partial charge in [-0.05, 0) is 49.8 Å². The van der Waals surface area contributed by atoms with Gasteiger partial charge in [-0.2, -0.15) is 4.98 Å². The molecule has 1 aliphatic rings. The summed E-state index contributed by atoms with van der Waals surface area (Å²) in [6, 6.07) is 3.71. The minimum Gasteiger partial charge on any atom is -0.363 e. The van der Waals surface area contributed by atoms with Crippen LogP contribution in [0.4, 0.5) is 31.0 Å². The van der Waals surface area contributed by atoms with Gasteiger partial charge in [0.1, 0.15) is 11.5 Å². The number of rotatable bonds is 6. The fourth-order valence-electron chi connectivity index (χ4n) is 3.42. The molecular formula is C20H25BrF2N6O. The monoisotopic (exact) mass is 482 g/mol. The molecule has 0 atom stereocenters. The molecule has 0 unspecified atom stereocenters. The number of halogens is 3. The lowest BCUT2D eigenvalue weighted by Gasteiger charge is -2.29. The molecular weight excluding hydrogens is 458 g/mol. The molecule has 0 radical (unpaired) electrons. The minimum absolute atomic E-state index is 0.271. The third-order valence-electron chi connectivity index (χ3n) is 5.08. The van der Waals surface area contributed by atoms with Crippen LogP contribution in [0, 0.1) is 17.6 Å². The molecule has 162 valence electrons. The van der Waals surface area contributed by atoms with Gasteiger partial charge >= 0.3 is 6.03 Å². The van der Waals surface area contributed by atoms with E-state index in [0.29, 0.717) is 18.4 Å². The summed E-state index contributed by atoms with van der Waals surface area (Å²) in [6.07, 6.45) is 5.44. The van der Waals surface area contributed by atoms with Crippen LogP contribution in [-0.2, 0) is 0 Å². The summed E-state index contributed by atoms with van der Waals surface area (Å²) in [6.45, 7) is 0.449. The fraction of sp³-hybridized carbons (Fsp3) is 0.450. The predicted octanol–water partition coefficient (Wildman–Crippen LogP) is 4.38. The number of carbonyl (C=O) groups is 1. The molecule has 1 heterocycles. The highest BCUT2D eigenvalue weighted by atomic mass is 79.9. The van der Waals surface area contributed by atoms with Gasteiger partial charge < -0.3 is 20.9 Å². The van der Waals surface area contributed by atoms with E-state index in [1.165, 1.54) is 0 Å². The third kappa shape index (κ3) is 6.01. The first kappa shape index (κ1) is 22.2. The summed E-state index contributed by atoms with van der Waals surface area (Å²) in [4.78, 5) is 22.7. The van der Waals surface area contributed by atoms with Crippen molar-refractivity contribution in [2.45, 2.75) is 31.7 Å². The summed E-state index contributed by atoms with van der Waals surface area (Å²) in [7, 11) is 3.86. The topological polar surface area (TPSA) is 82.2 Å². The van der Waals surface area contributed by atoms with Crippen LogP contribution in [0.5, 0.6) is 0 Å². The second-order valence-corrected chi connectivity index (χ2v) is 8.49. The highest BCUT2D eigenvalue weighted by molar-refractivity contribution is 9.10. The molecule has 1 saturated carbocycles. The highest BCUT2D eigenvalue weighted by Crippen LogP contribution is 2.26. The van der Waals surface area contributed by atoms with E-state index >= 15 is 0 Å². The first-order valence-electron chi connectivity index (χ1n) is 9.78. The van der Waals surface area contributed by atoms with Crippen molar-refractivity contribution >= 4 is 39.4 Å². The van der Waals surface area contributed by atoms with Crippen LogP contribution >= 0.6 is 15.9 Å². The summed E-state index contributed by atoms with van der Waals surface area (Å²) in [5.41, 5.74) is -0.455. The second kappa shape index (κ2) is 10.0. The van der Waals surface area contributed by atoms with Crippen molar-refractivity contribution in [2.24, 2.45) is 5.92 Å². The molecule has 1 aliphatic carbocycles. The Morgan fingerprint density at radius 1 is 1.20 bits per heavy atom. The van der Waals surface area contributed by atoms with Crippen molar-refractivity contribution in [3.05, 3.63) is 40.5 Å². The average molecular weight is 483 g/mol. The van der Waals surface area contributed by atoms with E-state index in [-0.39, 0.29) is 10.5 Å². The van der Waals surface area contributed by atoms with Crippen LogP contribution in [0.3, 0.4) is 0 Å². The van der Waals surface area contributed by atoms with Crippen LogP contribution in [0.25, 0.3) is 0 Å². The molecule has 10 heteroatoms. The number of amides is 2. The molecule has 0 bridgehead atoms. The minimum atomic E-state index is -0.829. The van der Waals surface area contributed by atoms with Crippen molar-refractivity contribution < 1.29 is 13.6 Å². The molecule has 7 nitrogen and oxygen atoms in total. The van der Waals surface area contributed by atoms with Crippen molar-refractivity contribution in [2.75, 3.05) is 36.2 Å².